The molecule has 4 heteroatoms. The number of halogens is 4. The molecule has 0 heterocycles. The van der Waals surface area contributed by atoms with E-state index < -0.39 is 0 Å². The van der Waals surface area contributed by atoms with E-state index in [4.69, 9.17) is 46.4 Å². The fourth-order valence-corrected chi connectivity index (χ4v) is 4.01. The van der Waals surface area contributed by atoms with Gasteiger partial charge < -0.3 is 0 Å². The van der Waals surface area contributed by atoms with E-state index in [1.807, 2.05) is 0 Å². The zero-order valence-corrected chi connectivity index (χ0v) is 12.8. The summed E-state index contributed by atoms with van der Waals surface area (Å²) in [5.74, 6) is 0.342. The highest BCUT2D eigenvalue weighted by Gasteiger charge is 2.37. The van der Waals surface area contributed by atoms with E-state index >= 15 is 0 Å². The SMILES string of the molecule is CC1=CC2C(C)=CC1c1c(Cl)c(Cl)c(Cl)c(Cl)c12. The summed E-state index contributed by atoms with van der Waals surface area (Å²) in [6.45, 7) is 4.21. The zero-order chi connectivity index (χ0) is 13.2. The number of allylic oxidation sites excluding steroid dienone is 4. The first-order chi connectivity index (χ1) is 8.43. The van der Waals surface area contributed by atoms with Gasteiger partial charge in [-0.05, 0) is 25.0 Å². The summed E-state index contributed by atoms with van der Waals surface area (Å²) in [4.78, 5) is 0. The minimum absolute atomic E-state index is 0.171. The molecule has 0 aromatic heterocycles. The van der Waals surface area contributed by atoms with Gasteiger partial charge in [0.15, 0.2) is 0 Å². The molecule has 2 bridgehead atoms. The molecule has 1 aromatic carbocycles. The molecule has 0 saturated heterocycles. The van der Waals surface area contributed by atoms with Gasteiger partial charge in [-0.3, -0.25) is 0 Å². The monoisotopic (exact) mass is 318 g/mol. The molecule has 1 aromatic rings. The Kier molecular flexibility index (Phi) is 2.99. The molecule has 0 radical (unpaired) electrons. The summed E-state index contributed by atoms with van der Waals surface area (Å²) in [5.41, 5.74) is 4.61. The quantitative estimate of drug-likeness (QED) is 0.295. The van der Waals surface area contributed by atoms with Gasteiger partial charge in [0, 0.05) is 11.8 Å². The molecule has 0 N–H and O–H groups in total. The van der Waals surface area contributed by atoms with Gasteiger partial charge in [0.05, 0.1) is 20.1 Å². The van der Waals surface area contributed by atoms with E-state index in [0.717, 1.165) is 11.1 Å². The van der Waals surface area contributed by atoms with Crippen LogP contribution < -0.4 is 0 Å². The lowest BCUT2D eigenvalue weighted by atomic mass is 9.69. The molecule has 0 fully saturated rings. The van der Waals surface area contributed by atoms with Gasteiger partial charge in [-0.25, -0.2) is 0 Å². The van der Waals surface area contributed by atoms with Crippen molar-refractivity contribution in [3.05, 3.63) is 54.5 Å². The predicted octanol–water partition coefficient (Wildman–Crippen LogP) is 6.39. The van der Waals surface area contributed by atoms with Crippen LogP contribution in [-0.4, -0.2) is 0 Å². The minimum Gasteiger partial charge on any atom is -0.0823 e. The van der Waals surface area contributed by atoms with Gasteiger partial charge in [-0.1, -0.05) is 69.7 Å². The van der Waals surface area contributed by atoms with E-state index in [1.165, 1.54) is 11.1 Å². The van der Waals surface area contributed by atoms with Gasteiger partial charge in [0.25, 0.3) is 0 Å². The lowest BCUT2D eigenvalue weighted by molar-refractivity contribution is 0.786. The fraction of sp³-hybridized carbons (Fsp3) is 0.286. The summed E-state index contributed by atoms with van der Waals surface area (Å²) < 4.78 is 0. The summed E-state index contributed by atoms with van der Waals surface area (Å²) in [7, 11) is 0. The summed E-state index contributed by atoms with van der Waals surface area (Å²) >= 11 is 25.0. The Morgan fingerprint density at radius 3 is 1.33 bits per heavy atom. The van der Waals surface area contributed by atoms with Crippen LogP contribution in [-0.2, 0) is 0 Å². The van der Waals surface area contributed by atoms with Gasteiger partial charge in [-0.2, -0.15) is 0 Å². The minimum atomic E-state index is 0.171. The Hall–Kier alpha value is -0.140. The second-order valence-electron chi connectivity index (χ2n) is 4.86. The smallest absolute Gasteiger partial charge is 0.0797 e. The molecule has 3 aliphatic rings. The standard InChI is InChI=1S/C14H10Cl4/c1-5-3-8-6(2)4-7(5)9-10(8)12(16)14(18)13(17)11(9)15/h3-4,7-8H,1-2H3. The van der Waals surface area contributed by atoms with Crippen LogP contribution in [0.15, 0.2) is 23.3 Å². The Morgan fingerprint density at radius 1 is 0.667 bits per heavy atom. The average molecular weight is 320 g/mol. The highest BCUT2D eigenvalue weighted by atomic mass is 35.5. The van der Waals surface area contributed by atoms with Crippen molar-refractivity contribution in [2.24, 2.45) is 0 Å². The van der Waals surface area contributed by atoms with Crippen LogP contribution in [0.25, 0.3) is 0 Å². The zero-order valence-electron chi connectivity index (χ0n) is 9.82. The normalized spacial score (nSPS) is 24.8. The van der Waals surface area contributed by atoms with Crippen LogP contribution in [0.4, 0.5) is 0 Å². The summed E-state index contributed by atoms with van der Waals surface area (Å²) in [6, 6.07) is 0. The first-order valence-corrected chi connectivity index (χ1v) is 7.17. The molecule has 94 valence electrons. The van der Waals surface area contributed by atoms with Crippen LogP contribution in [0.3, 0.4) is 0 Å². The van der Waals surface area contributed by atoms with Gasteiger partial charge in [0.2, 0.25) is 0 Å². The number of rotatable bonds is 0. The highest BCUT2D eigenvalue weighted by molar-refractivity contribution is 6.52. The van der Waals surface area contributed by atoms with E-state index in [-0.39, 0.29) is 11.8 Å². The van der Waals surface area contributed by atoms with Crippen LogP contribution in [0.2, 0.25) is 20.1 Å². The molecule has 0 saturated carbocycles. The van der Waals surface area contributed by atoms with Crippen molar-refractivity contribution in [3.63, 3.8) is 0 Å². The fourth-order valence-electron chi connectivity index (χ4n) is 2.89. The van der Waals surface area contributed by atoms with Crippen molar-refractivity contribution in [2.45, 2.75) is 25.7 Å². The lowest BCUT2D eigenvalue weighted by Crippen LogP contribution is -2.20. The van der Waals surface area contributed by atoms with Crippen LogP contribution >= 0.6 is 46.4 Å². The molecule has 2 unspecified atom stereocenters. The second kappa shape index (κ2) is 4.18. The number of hydrogen-bond acceptors (Lipinski definition) is 0. The molecular formula is C14H10Cl4. The van der Waals surface area contributed by atoms with Crippen molar-refractivity contribution in [2.75, 3.05) is 0 Å². The molecule has 0 nitrogen and oxygen atoms in total. The molecule has 4 rings (SSSR count). The molecule has 3 aliphatic carbocycles. The van der Waals surface area contributed by atoms with E-state index in [2.05, 4.69) is 26.0 Å². The van der Waals surface area contributed by atoms with Gasteiger partial charge >= 0.3 is 0 Å². The van der Waals surface area contributed by atoms with Gasteiger partial charge in [0.1, 0.15) is 0 Å². The third-order valence-corrected chi connectivity index (χ3v) is 5.63. The van der Waals surface area contributed by atoms with Crippen molar-refractivity contribution in [1.82, 2.24) is 0 Å². The van der Waals surface area contributed by atoms with E-state index in [9.17, 15) is 0 Å². The molecule has 0 amide bonds. The number of hydrogen-bond donors (Lipinski definition) is 0. The topological polar surface area (TPSA) is 0 Å². The molecule has 0 aliphatic heterocycles. The first kappa shape index (κ1) is 12.9. The van der Waals surface area contributed by atoms with Crippen LogP contribution in [0.1, 0.15) is 36.8 Å². The highest BCUT2D eigenvalue weighted by Crippen LogP contribution is 2.55. The van der Waals surface area contributed by atoms with Crippen molar-refractivity contribution < 1.29 is 0 Å². The summed E-state index contributed by atoms with van der Waals surface area (Å²) in [6.07, 6.45) is 4.46. The second-order valence-corrected chi connectivity index (χ2v) is 6.37. The Labute approximate surface area is 126 Å². The number of benzene rings is 1. The van der Waals surface area contributed by atoms with E-state index in [0.29, 0.717) is 20.1 Å². The molecule has 2 atom stereocenters. The maximum Gasteiger partial charge on any atom is 0.0797 e. The molecule has 0 spiro atoms. The maximum absolute atomic E-state index is 6.36. The first-order valence-electron chi connectivity index (χ1n) is 5.65. The van der Waals surface area contributed by atoms with Crippen LogP contribution in [0, 0.1) is 0 Å². The third kappa shape index (κ3) is 1.53. The van der Waals surface area contributed by atoms with Crippen molar-refractivity contribution in [1.29, 1.82) is 0 Å². The van der Waals surface area contributed by atoms with E-state index in [1.54, 1.807) is 0 Å². The lowest BCUT2D eigenvalue weighted by Gasteiger charge is -2.37. The largest absolute Gasteiger partial charge is 0.0823 e. The predicted molar refractivity (Wildman–Crippen MR) is 79.5 cm³/mol. The maximum atomic E-state index is 6.36. The van der Waals surface area contributed by atoms with Crippen molar-refractivity contribution >= 4 is 46.4 Å². The Morgan fingerprint density at radius 2 is 1.00 bits per heavy atom. The van der Waals surface area contributed by atoms with Gasteiger partial charge in [-0.15, -0.1) is 0 Å². The Bertz CT molecular complexity index is 570. The average Bonchev–Trinajstić information content (AvgIpc) is 2.34. The Balaban J connectivity index is 2.40. The third-order valence-electron chi connectivity index (χ3n) is 3.80. The van der Waals surface area contributed by atoms with Crippen LogP contribution in [0.5, 0.6) is 0 Å². The van der Waals surface area contributed by atoms with Crippen molar-refractivity contribution in [3.8, 4) is 0 Å². The molecular weight excluding hydrogens is 310 g/mol. The molecule has 18 heavy (non-hydrogen) atoms. The summed E-state index contributed by atoms with van der Waals surface area (Å²) in [5, 5.41) is 1.78.